The molecule has 23 heavy (non-hydrogen) atoms. The third-order valence-corrected chi connectivity index (χ3v) is 6.09. The van der Waals surface area contributed by atoms with Crippen molar-refractivity contribution in [1.82, 2.24) is 14.9 Å². The lowest BCUT2D eigenvalue weighted by Crippen LogP contribution is -2.17. The highest BCUT2D eigenvalue weighted by atomic mass is 35.5. The second-order valence-electron chi connectivity index (χ2n) is 5.95. The molecule has 2 aromatic rings. The minimum atomic E-state index is 0.475. The first-order chi connectivity index (χ1) is 11.2. The number of fused-ring (bicyclic) bond motifs is 1. The van der Waals surface area contributed by atoms with Gasteiger partial charge in [0.1, 0.15) is 0 Å². The predicted octanol–water partition coefficient (Wildman–Crippen LogP) is 4.99. The second kappa shape index (κ2) is 6.46. The third kappa shape index (κ3) is 3.02. The molecule has 1 aliphatic heterocycles. The summed E-state index contributed by atoms with van der Waals surface area (Å²) in [7, 11) is 0. The van der Waals surface area contributed by atoms with Crippen molar-refractivity contribution in [2.45, 2.75) is 43.2 Å². The lowest BCUT2D eigenvalue weighted by molar-refractivity contribution is 0.417. The van der Waals surface area contributed by atoms with Gasteiger partial charge in [-0.1, -0.05) is 60.3 Å². The lowest BCUT2D eigenvalue weighted by Gasteiger charge is -2.21. The first-order valence-corrected chi connectivity index (χ1v) is 9.58. The molecule has 0 saturated heterocycles. The second-order valence-corrected chi connectivity index (χ2v) is 7.71. The van der Waals surface area contributed by atoms with Crippen molar-refractivity contribution in [3.8, 4) is 0 Å². The van der Waals surface area contributed by atoms with Crippen LogP contribution >= 0.6 is 35.0 Å². The molecule has 0 radical (unpaired) electrons. The minimum absolute atomic E-state index is 0.475. The summed E-state index contributed by atoms with van der Waals surface area (Å²) in [6.45, 7) is 0. The van der Waals surface area contributed by atoms with Crippen LogP contribution < -0.4 is 0 Å². The van der Waals surface area contributed by atoms with Crippen LogP contribution in [0, 0.1) is 0 Å². The summed E-state index contributed by atoms with van der Waals surface area (Å²) < 4.78 is 1.93. The van der Waals surface area contributed by atoms with E-state index in [-0.39, 0.29) is 0 Å². The van der Waals surface area contributed by atoms with Gasteiger partial charge in [-0.25, -0.2) is 0 Å². The lowest BCUT2D eigenvalue weighted by atomic mass is 9.89. The van der Waals surface area contributed by atoms with Gasteiger partial charge in [0, 0.05) is 17.2 Å². The van der Waals surface area contributed by atoms with E-state index >= 15 is 0 Å². The van der Waals surface area contributed by atoms with Crippen molar-refractivity contribution in [3.05, 3.63) is 39.6 Å². The van der Waals surface area contributed by atoms with Gasteiger partial charge in [0.15, 0.2) is 5.82 Å². The molecule has 2 heterocycles. The molecule has 0 bridgehead atoms. The molecule has 0 amide bonds. The van der Waals surface area contributed by atoms with Gasteiger partial charge in [0.2, 0.25) is 5.16 Å². The van der Waals surface area contributed by atoms with E-state index < -0.39 is 0 Å². The van der Waals surface area contributed by atoms with Crippen LogP contribution in [-0.4, -0.2) is 26.3 Å². The maximum absolute atomic E-state index is 6.14. The Morgan fingerprint density at radius 1 is 1.04 bits per heavy atom. The fourth-order valence-corrected chi connectivity index (χ4v) is 4.32. The molecular weight excluding hydrogens is 351 g/mol. The largest absolute Gasteiger partial charge is 0.212 e. The van der Waals surface area contributed by atoms with Gasteiger partial charge >= 0.3 is 0 Å². The maximum Gasteiger partial charge on any atom is 0.212 e. The molecule has 2 aliphatic rings. The number of hydrogen-bond donors (Lipinski definition) is 0. The Labute approximate surface area is 149 Å². The molecule has 0 unspecified atom stereocenters. The molecule has 1 aromatic heterocycles. The quantitative estimate of drug-likeness (QED) is 0.751. The number of thioether (sulfide) groups is 1. The first kappa shape index (κ1) is 15.5. The molecule has 4 rings (SSSR count). The van der Waals surface area contributed by atoms with Crippen LogP contribution in [0.3, 0.4) is 0 Å². The van der Waals surface area contributed by atoms with Crippen LogP contribution in [0.5, 0.6) is 0 Å². The summed E-state index contributed by atoms with van der Waals surface area (Å²) in [5, 5.41) is 15.5. The molecular formula is C16H16Cl2N4S. The summed E-state index contributed by atoms with van der Waals surface area (Å²) in [5.41, 5.74) is 1.98. The highest BCUT2D eigenvalue weighted by Crippen LogP contribution is 2.35. The number of rotatable bonds is 2. The zero-order chi connectivity index (χ0) is 15.8. The maximum atomic E-state index is 6.14. The van der Waals surface area contributed by atoms with Crippen molar-refractivity contribution < 1.29 is 0 Å². The zero-order valence-electron chi connectivity index (χ0n) is 12.5. The number of nitrogens with zero attached hydrogens (tertiary/aromatic N) is 4. The number of hydrogen-bond acceptors (Lipinski definition) is 4. The van der Waals surface area contributed by atoms with E-state index in [1.807, 2.05) is 22.9 Å². The Kier molecular flexibility index (Phi) is 4.35. The van der Waals surface area contributed by atoms with E-state index in [0.29, 0.717) is 16.0 Å². The molecule has 7 heteroatoms. The van der Waals surface area contributed by atoms with Crippen molar-refractivity contribution in [2.75, 3.05) is 5.75 Å². The van der Waals surface area contributed by atoms with Crippen molar-refractivity contribution >= 4 is 40.7 Å². The fourth-order valence-electron chi connectivity index (χ4n) is 3.18. The average molecular weight is 367 g/mol. The van der Waals surface area contributed by atoms with Crippen LogP contribution in [0.2, 0.25) is 10.0 Å². The molecule has 1 aliphatic carbocycles. The molecule has 1 fully saturated rings. The summed E-state index contributed by atoms with van der Waals surface area (Å²) in [6.07, 6.45) is 6.22. The Balaban J connectivity index is 1.70. The van der Waals surface area contributed by atoms with E-state index in [0.717, 1.165) is 28.0 Å². The Hall–Kier alpha value is -1.04. The van der Waals surface area contributed by atoms with Crippen LogP contribution in [-0.2, 0) is 0 Å². The summed E-state index contributed by atoms with van der Waals surface area (Å²) in [6, 6.07) is 5.65. The summed E-state index contributed by atoms with van der Waals surface area (Å²) >= 11 is 13.8. The van der Waals surface area contributed by atoms with Gasteiger partial charge in [-0.2, -0.15) is 9.78 Å². The number of benzene rings is 1. The van der Waals surface area contributed by atoms with E-state index in [4.69, 9.17) is 28.3 Å². The minimum Gasteiger partial charge on any atom is -0.191 e. The molecule has 1 aromatic carbocycles. The Morgan fingerprint density at radius 2 is 1.87 bits per heavy atom. The van der Waals surface area contributed by atoms with Crippen molar-refractivity contribution in [1.29, 1.82) is 0 Å². The summed E-state index contributed by atoms with van der Waals surface area (Å²) in [5.74, 6) is 2.24. The van der Waals surface area contributed by atoms with Crippen molar-refractivity contribution in [3.63, 3.8) is 0 Å². The Bertz CT molecular complexity index is 765. The Morgan fingerprint density at radius 3 is 2.65 bits per heavy atom. The molecule has 1 saturated carbocycles. The van der Waals surface area contributed by atoms with Gasteiger partial charge in [0.05, 0.1) is 15.8 Å². The van der Waals surface area contributed by atoms with Gasteiger partial charge in [-0.15, -0.1) is 10.2 Å². The van der Waals surface area contributed by atoms with Crippen LogP contribution in [0.1, 0.15) is 49.4 Å². The number of halogens is 2. The topological polar surface area (TPSA) is 43.1 Å². The molecule has 4 nitrogen and oxygen atoms in total. The number of aromatic nitrogens is 3. The van der Waals surface area contributed by atoms with Gasteiger partial charge < -0.3 is 0 Å². The molecule has 120 valence electrons. The van der Waals surface area contributed by atoms with Gasteiger partial charge in [-0.05, 0) is 25.0 Å². The smallest absolute Gasteiger partial charge is 0.191 e. The van der Waals surface area contributed by atoms with Crippen LogP contribution in [0.15, 0.2) is 28.5 Å². The molecule has 0 atom stereocenters. The fraction of sp³-hybridized carbons (Fsp3) is 0.438. The molecule has 0 spiro atoms. The standard InChI is InChI=1S/C16H16Cl2N4S/c17-12-7-6-11(8-13(12)18)14-9-23-16-20-19-15(22(16)21-14)10-4-2-1-3-5-10/h6-8,10H,1-5,9H2. The van der Waals surface area contributed by atoms with Crippen LogP contribution in [0.4, 0.5) is 0 Å². The average Bonchev–Trinajstić information content (AvgIpc) is 3.01. The summed E-state index contributed by atoms with van der Waals surface area (Å²) in [4.78, 5) is 0. The molecule has 0 N–H and O–H groups in total. The van der Waals surface area contributed by atoms with Crippen LogP contribution in [0.25, 0.3) is 0 Å². The first-order valence-electron chi connectivity index (χ1n) is 7.84. The van der Waals surface area contributed by atoms with Gasteiger partial charge in [0.25, 0.3) is 0 Å². The zero-order valence-corrected chi connectivity index (χ0v) is 14.8. The normalized spacial score (nSPS) is 18.6. The highest BCUT2D eigenvalue weighted by molar-refractivity contribution is 7.99. The van der Waals surface area contributed by atoms with E-state index in [1.165, 1.54) is 32.1 Å². The SMILES string of the molecule is Clc1ccc(C2=Nn3c(nnc3C3CCCCC3)SC2)cc1Cl. The van der Waals surface area contributed by atoms with Crippen molar-refractivity contribution in [2.24, 2.45) is 5.10 Å². The highest BCUT2D eigenvalue weighted by Gasteiger charge is 2.26. The van der Waals surface area contributed by atoms with E-state index in [1.54, 1.807) is 11.8 Å². The monoisotopic (exact) mass is 366 g/mol. The van der Waals surface area contributed by atoms with E-state index in [2.05, 4.69) is 10.2 Å². The van der Waals surface area contributed by atoms with E-state index in [9.17, 15) is 0 Å². The van der Waals surface area contributed by atoms with Gasteiger partial charge in [-0.3, -0.25) is 0 Å². The predicted molar refractivity (Wildman–Crippen MR) is 95.0 cm³/mol. The third-order valence-electron chi connectivity index (χ3n) is 4.42.